The van der Waals surface area contributed by atoms with Crippen LogP contribution in [0.2, 0.25) is 5.02 Å². The third-order valence-corrected chi connectivity index (χ3v) is 4.84. The number of rotatable bonds is 1. The van der Waals surface area contributed by atoms with Gasteiger partial charge in [0.1, 0.15) is 0 Å². The molecule has 116 valence electrons. The molecule has 0 bridgehead atoms. The molecular weight excluding hydrogens is 301 g/mol. The molecule has 6 heteroatoms. The number of piperazine rings is 1. The van der Waals surface area contributed by atoms with Crippen molar-refractivity contribution in [1.82, 2.24) is 4.90 Å². The maximum absolute atomic E-state index is 12.9. The van der Waals surface area contributed by atoms with Crippen LogP contribution >= 0.6 is 11.6 Å². The van der Waals surface area contributed by atoms with Crippen molar-refractivity contribution in [2.24, 2.45) is 0 Å². The molecule has 2 heterocycles. The van der Waals surface area contributed by atoms with Gasteiger partial charge in [0.25, 0.3) is 0 Å². The highest BCUT2D eigenvalue weighted by Gasteiger charge is 2.36. The summed E-state index contributed by atoms with van der Waals surface area (Å²) >= 11 is 6.17. The zero-order valence-electron chi connectivity index (χ0n) is 11.8. The highest BCUT2D eigenvalue weighted by Crippen LogP contribution is 2.38. The van der Waals surface area contributed by atoms with Gasteiger partial charge in [-0.2, -0.15) is 13.2 Å². The Morgan fingerprint density at radius 3 is 2.71 bits per heavy atom. The molecule has 2 fully saturated rings. The minimum absolute atomic E-state index is 0.167. The Balaban J connectivity index is 1.92. The molecule has 2 unspecified atom stereocenters. The first-order valence-corrected chi connectivity index (χ1v) is 7.61. The molecule has 21 heavy (non-hydrogen) atoms. The van der Waals surface area contributed by atoms with Gasteiger partial charge >= 0.3 is 6.18 Å². The topological polar surface area (TPSA) is 6.48 Å². The van der Waals surface area contributed by atoms with Crippen molar-refractivity contribution in [3.8, 4) is 0 Å². The van der Waals surface area contributed by atoms with Crippen molar-refractivity contribution >= 4 is 17.3 Å². The third-order valence-electron chi connectivity index (χ3n) is 4.52. The van der Waals surface area contributed by atoms with Gasteiger partial charge in [-0.15, -0.1) is 0 Å². The summed E-state index contributed by atoms with van der Waals surface area (Å²) < 4.78 is 38.7. The van der Waals surface area contributed by atoms with E-state index in [1.54, 1.807) is 0 Å². The fourth-order valence-electron chi connectivity index (χ4n) is 3.43. The second kappa shape index (κ2) is 5.36. The highest BCUT2D eigenvalue weighted by molar-refractivity contribution is 6.33. The molecule has 0 radical (unpaired) electrons. The van der Waals surface area contributed by atoms with Crippen LogP contribution in [0.5, 0.6) is 0 Å². The molecule has 1 aromatic carbocycles. The Morgan fingerprint density at radius 2 is 2.00 bits per heavy atom. The van der Waals surface area contributed by atoms with Gasteiger partial charge < -0.3 is 4.90 Å². The zero-order chi connectivity index (χ0) is 15.2. The summed E-state index contributed by atoms with van der Waals surface area (Å²) in [4.78, 5) is 4.47. The molecule has 1 aromatic rings. The molecule has 0 saturated carbocycles. The standard InChI is InChI=1S/C15H18ClF3N2/c1-10-8-20-6-2-3-12(20)9-21(10)14-7-11(15(17,18)19)4-5-13(14)16/h4-5,7,10,12H,2-3,6,8-9H2,1H3. The van der Waals surface area contributed by atoms with Crippen LogP contribution in [-0.2, 0) is 6.18 Å². The molecule has 0 aromatic heterocycles. The van der Waals surface area contributed by atoms with Crippen LogP contribution in [0.3, 0.4) is 0 Å². The summed E-state index contributed by atoms with van der Waals surface area (Å²) in [7, 11) is 0. The monoisotopic (exact) mass is 318 g/mol. The van der Waals surface area contributed by atoms with E-state index < -0.39 is 11.7 Å². The normalized spacial score (nSPS) is 27.0. The van der Waals surface area contributed by atoms with Crippen molar-refractivity contribution in [3.63, 3.8) is 0 Å². The van der Waals surface area contributed by atoms with Crippen molar-refractivity contribution in [2.45, 2.75) is 38.0 Å². The smallest absolute Gasteiger partial charge is 0.365 e. The van der Waals surface area contributed by atoms with Gasteiger partial charge in [0.05, 0.1) is 16.3 Å². The summed E-state index contributed by atoms with van der Waals surface area (Å²) in [6.45, 7) is 4.78. The van der Waals surface area contributed by atoms with Crippen LogP contribution in [0.15, 0.2) is 18.2 Å². The van der Waals surface area contributed by atoms with E-state index in [1.165, 1.54) is 18.6 Å². The van der Waals surface area contributed by atoms with Crippen molar-refractivity contribution < 1.29 is 13.2 Å². The fourth-order valence-corrected chi connectivity index (χ4v) is 3.66. The average Bonchev–Trinajstić information content (AvgIpc) is 2.84. The molecule has 2 nitrogen and oxygen atoms in total. The van der Waals surface area contributed by atoms with E-state index in [-0.39, 0.29) is 6.04 Å². The Kier molecular flexibility index (Phi) is 3.82. The van der Waals surface area contributed by atoms with E-state index in [9.17, 15) is 13.2 Å². The first kappa shape index (κ1) is 15.0. The first-order valence-electron chi connectivity index (χ1n) is 7.23. The van der Waals surface area contributed by atoms with Gasteiger partial charge in [-0.3, -0.25) is 4.90 Å². The number of halogens is 4. The maximum atomic E-state index is 12.9. The third kappa shape index (κ3) is 2.86. The van der Waals surface area contributed by atoms with E-state index in [0.29, 0.717) is 16.8 Å². The fraction of sp³-hybridized carbons (Fsp3) is 0.600. The van der Waals surface area contributed by atoms with Crippen LogP contribution in [-0.4, -0.2) is 36.6 Å². The van der Waals surface area contributed by atoms with Crippen LogP contribution in [0, 0.1) is 0 Å². The summed E-state index contributed by atoms with van der Waals surface area (Å²) in [6, 6.07) is 4.19. The van der Waals surface area contributed by atoms with Crippen LogP contribution in [0.1, 0.15) is 25.3 Å². The van der Waals surface area contributed by atoms with Crippen molar-refractivity contribution in [1.29, 1.82) is 0 Å². The van der Waals surface area contributed by atoms with Crippen LogP contribution in [0.25, 0.3) is 0 Å². The number of hydrogen-bond acceptors (Lipinski definition) is 2. The van der Waals surface area contributed by atoms with E-state index >= 15 is 0 Å². The van der Waals surface area contributed by atoms with E-state index in [0.717, 1.165) is 32.1 Å². The van der Waals surface area contributed by atoms with Gasteiger partial charge in [-0.05, 0) is 44.5 Å². The number of anilines is 1. The quantitative estimate of drug-likeness (QED) is 0.771. The summed E-state index contributed by atoms with van der Waals surface area (Å²) in [6.07, 6.45) is -2.06. The molecule has 0 N–H and O–H groups in total. The Labute approximate surface area is 127 Å². The largest absolute Gasteiger partial charge is 0.416 e. The van der Waals surface area contributed by atoms with Gasteiger partial charge in [0.2, 0.25) is 0 Å². The molecule has 2 aliphatic rings. The number of benzene rings is 1. The Morgan fingerprint density at radius 1 is 1.24 bits per heavy atom. The minimum Gasteiger partial charge on any atom is -0.365 e. The number of alkyl halides is 3. The summed E-state index contributed by atoms with van der Waals surface area (Å²) in [5.41, 5.74) is -0.131. The molecule has 2 aliphatic heterocycles. The molecule has 3 rings (SSSR count). The zero-order valence-corrected chi connectivity index (χ0v) is 12.6. The first-order chi connectivity index (χ1) is 9.86. The molecular formula is C15H18ClF3N2. The summed E-state index contributed by atoms with van der Waals surface area (Å²) in [5.74, 6) is 0. The minimum atomic E-state index is -4.34. The van der Waals surface area contributed by atoms with Crippen LogP contribution in [0.4, 0.5) is 18.9 Å². The molecule has 0 amide bonds. The van der Waals surface area contributed by atoms with Crippen LogP contribution < -0.4 is 4.90 Å². The summed E-state index contributed by atoms with van der Waals surface area (Å²) in [5, 5.41) is 0.390. The predicted octanol–water partition coefficient (Wildman–Crippen LogP) is 4.03. The highest BCUT2D eigenvalue weighted by atomic mass is 35.5. The van der Waals surface area contributed by atoms with Gasteiger partial charge in [-0.25, -0.2) is 0 Å². The SMILES string of the molecule is CC1CN2CCCC2CN1c1cc(C(F)(F)F)ccc1Cl. The van der Waals surface area contributed by atoms with E-state index in [1.807, 2.05) is 11.8 Å². The lowest BCUT2D eigenvalue weighted by Crippen LogP contribution is -2.55. The van der Waals surface area contributed by atoms with Gasteiger partial charge in [-0.1, -0.05) is 11.6 Å². The predicted molar refractivity (Wildman–Crippen MR) is 77.9 cm³/mol. The Hall–Kier alpha value is -0.940. The number of fused-ring (bicyclic) bond motifs is 1. The maximum Gasteiger partial charge on any atom is 0.416 e. The van der Waals surface area contributed by atoms with Crippen molar-refractivity contribution in [2.75, 3.05) is 24.5 Å². The Bertz CT molecular complexity index is 532. The van der Waals surface area contributed by atoms with Gasteiger partial charge in [0.15, 0.2) is 0 Å². The molecule has 2 atom stereocenters. The molecule has 0 aliphatic carbocycles. The van der Waals surface area contributed by atoms with E-state index in [2.05, 4.69) is 4.90 Å². The second-order valence-corrected chi connectivity index (χ2v) is 6.36. The lowest BCUT2D eigenvalue weighted by atomic mass is 10.1. The lowest BCUT2D eigenvalue weighted by Gasteiger charge is -2.44. The van der Waals surface area contributed by atoms with E-state index in [4.69, 9.17) is 11.6 Å². The number of nitrogens with zero attached hydrogens (tertiary/aromatic N) is 2. The second-order valence-electron chi connectivity index (χ2n) is 5.96. The average molecular weight is 319 g/mol. The molecule has 0 spiro atoms. The van der Waals surface area contributed by atoms with Crippen molar-refractivity contribution in [3.05, 3.63) is 28.8 Å². The molecule has 2 saturated heterocycles. The van der Waals surface area contributed by atoms with Gasteiger partial charge in [0, 0.05) is 25.2 Å². The lowest BCUT2D eigenvalue weighted by molar-refractivity contribution is -0.137. The number of hydrogen-bond donors (Lipinski definition) is 0.